The Morgan fingerprint density at radius 1 is 1.33 bits per heavy atom. The minimum absolute atomic E-state index is 0.0623. The van der Waals surface area contributed by atoms with Crippen molar-refractivity contribution in [3.8, 4) is 5.75 Å². The third kappa shape index (κ3) is 5.77. The Kier molecular flexibility index (Phi) is 8.55. The number of nitrogens with zero attached hydrogens (tertiary/aromatic N) is 2. The number of carbonyl (C=O) groups excluding carboxylic acids is 1. The van der Waals surface area contributed by atoms with Crippen LogP contribution in [0.5, 0.6) is 5.75 Å². The van der Waals surface area contributed by atoms with E-state index in [1.54, 1.807) is 37.1 Å². The number of rotatable bonds is 6. The number of sulfonamides is 1. The Labute approximate surface area is 197 Å². The van der Waals surface area contributed by atoms with Gasteiger partial charge in [0.05, 0.1) is 13.2 Å². The Bertz CT molecular complexity index is 958. The molecule has 0 saturated carbocycles. The Morgan fingerprint density at radius 2 is 2.03 bits per heavy atom. The van der Waals surface area contributed by atoms with Gasteiger partial charge in [-0.1, -0.05) is 25.1 Å². The standard InChI is InChI=1S/C24H36N2O6S/c1-5-6-19-7-8-23-21(13-19)32-22(15-25(4)24(28)20-9-11-31-12-10-20)17(2)14-26(18(3)16-27)33(23,29)30/h5-8,13,17-18,20,22,27H,9-12,14-16H2,1-4H3/b6-5+/t17-,18-,22-/m1/s1. The summed E-state index contributed by atoms with van der Waals surface area (Å²) in [6.07, 6.45) is 4.75. The number of ether oxygens (including phenoxy) is 2. The smallest absolute Gasteiger partial charge is 0.247 e. The van der Waals surface area contributed by atoms with Gasteiger partial charge in [0.1, 0.15) is 16.7 Å². The predicted octanol–water partition coefficient (Wildman–Crippen LogP) is 2.37. The highest BCUT2D eigenvalue weighted by atomic mass is 32.2. The van der Waals surface area contributed by atoms with Gasteiger partial charge in [0.15, 0.2) is 0 Å². The van der Waals surface area contributed by atoms with Gasteiger partial charge in [0.2, 0.25) is 15.9 Å². The lowest BCUT2D eigenvalue weighted by molar-refractivity contribution is -0.138. The molecular weight excluding hydrogens is 444 g/mol. The minimum Gasteiger partial charge on any atom is -0.487 e. The fourth-order valence-electron chi connectivity index (χ4n) is 4.37. The molecular formula is C24H36N2O6S. The highest BCUT2D eigenvalue weighted by Gasteiger charge is 2.38. The molecule has 2 heterocycles. The van der Waals surface area contributed by atoms with E-state index < -0.39 is 22.2 Å². The van der Waals surface area contributed by atoms with Crippen LogP contribution in [0.1, 0.15) is 39.2 Å². The number of benzene rings is 1. The molecule has 2 aliphatic heterocycles. The van der Waals surface area contributed by atoms with Gasteiger partial charge in [-0.3, -0.25) is 4.79 Å². The minimum atomic E-state index is -3.87. The fraction of sp³-hybridized carbons (Fsp3) is 0.625. The van der Waals surface area contributed by atoms with E-state index in [1.165, 1.54) is 4.31 Å². The molecule has 1 saturated heterocycles. The Morgan fingerprint density at radius 3 is 2.67 bits per heavy atom. The molecule has 3 rings (SSSR count). The SMILES string of the molecule is C/C=C/c1ccc2c(c1)O[C@H](CN(C)C(=O)C1CCOCC1)[C@H](C)CN([C@H](C)CO)S2(=O)=O. The van der Waals surface area contributed by atoms with Crippen LogP contribution in [0.3, 0.4) is 0 Å². The molecule has 0 spiro atoms. The molecule has 0 aliphatic carbocycles. The van der Waals surface area contributed by atoms with Crippen LogP contribution in [-0.4, -0.2) is 80.7 Å². The Balaban J connectivity index is 1.95. The van der Waals surface area contributed by atoms with Crippen molar-refractivity contribution in [2.24, 2.45) is 11.8 Å². The van der Waals surface area contributed by atoms with Crippen LogP contribution >= 0.6 is 0 Å². The van der Waals surface area contributed by atoms with Crippen molar-refractivity contribution in [1.82, 2.24) is 9.21 Å². The van der Waals surface area contributed by atoms with E-state index in [4.69, 9.17) is 9.47 Å². The first-order valence-electron chi connectivity index (χ1n) is 11.6. The third-order valence-electron chi connectivity index (χ3n) is 6.45. The van der Waals surface area contributed by atoms with Crippen LogP contribution in [0.15, 0.2) is 29.2 Å². The number of amides is 1. The van der Waals surface area contributed by atoms with Crippen molar-refractivity contribution in [2.45, 2.75) is 50.7 Å². The van der Waals surface area contributed by atoms with Crippen LogP contribution in [0, 0.1) is 11.8 Å². The summed E-state index contributed by atoms with van der Waals surface area (Å²) < 4.78 is 40.0. The van der Waals surface area contributed by atoms with Crippen LogP contribution in [0.4, 0.5) is 0 Å². The van der Waals surface area contributed by atoms with Crippen LogP contribution in [0.25, 0.3) is 6.08 Å². The van der Waals surface area contributed by atoms with Crippen molar-refractivity contribution in [1.29, 1.82) is 0 Å². The zero-order valence-electron chi connectivity index (χ0n) is 19.9. The summed E-state index contributed by atoms with van der Waals surface area (Å²) in [5, 5.41) is 9.75. The zero-order chi connectivity index (χ0) is 24.2. The van der Waals surface area contributed by atoms with Gasteiger partial charge >= 0.3 is 0 Å². The van der Waals surface area contributed by atoms with E-state index >= 15 is 0 Å². The topological polar surface area (TPSA) is 96.4 Å². The van der Waals surface area contributed by atoms with Crippen molar-refractivity contribution in [2.75, 3.05) is 40.0 Å². The average Bonchev–Trinajstić information content (AvgIpc) is 2.81. The molecule has 0 bridgehead atoms. The molecule has 0 radical (unpaired) electrons. The van der Waals surface area contributed by atoms with Gasteiger partial charge < -0.3 is 19.5 Å². The zero-order valence-corrected chi connectivity index (χ0v) is 20.8. The maximum Gasteiger partial charge on any atom is 0.247 e. The summed E-state index contributed by atoms with van der Waals surface area (Å²) in [5.74, 6) is 0.0566. The average molecular weight is 481 g/mol. The lowest BCUT2D eigenvalue weighted by Gasteiger charge is -2.38. The summed E-state index contributed by atoms with van der Waals surface area (Å²) in [7, 11) is -2.10. The molecule has 1 amide bonds. The molecule has 3 atom stereocenters. The lowest BCUT2D eigenvalue weighted by Crippen LogP contribution is -2.50. The molecule has 0 unspecified atom stereocenters. The first-order valence-corrected chi connectivity index (χ1v) is 13.0. The number of hydrogen-bond acceptors (Lipinski definition) is 6. The summed E-state index contributed by atoms with van der Waals surface area (Å²) >= 11 is 0. The van der Waals surface area contributed by atoms with E-state index in [2.05, 4.69) is 0 Å². The number of aliphatic hydroxyl groups excluding tert-OH is 1. The van der Waals surface area contributed by atoms with Gasteiger partial charge in [0.25, 0.3) is 0 Å². The fourth-order valence-corrected chi connectivity index (χ4v) is 6.20. The van der Waals surface area contributed by atoms with Gasteiger partial charge in [0, 0.05) is 44.7 Å². The number of allylic oxidation sites excluding steroid dienone is 1. The monoisotopic (exact) mass is 480 g/mol. The maximum atomic E-state index is 13.5. The number of likely N-dealkylation sites (N-methyl/N-ethyl adjacent to an activating group) is 1. The molecule has 1 fully saturated rings. The maximum absolute atomic E-state index is 13.5. The summed E-state index contributed by atoms with van der Waals surface area (Å²) in [4.78, 5) is 14.8. The normalized spacial score (nSPS) is 25.0. The van der Waals surface area contributed by atoms with Crippen molar-refractivity contribution >= 4 is 22.0 Å². The molecule has 184 valence electrons. The second-order valence-corrected chi connectivity index (χ2v) is 10.9. The quantitative estimate of drug-likeness (QED) is 0.672. The lowest BCUT2D eigenvalue weighted by atomic mass is 9.97. The van der Waals surface area contributed by atoms with Gasteiger partial charge in [-0.2, -0.15) is 4.31 Å². The van der Waals surface area contributed by atoms with E-state index in [9.17, 15) is 18.3 Å². The molecule has 0 aromatic heterocycles. The molecule has 33 heavy (non-hydrogen) atoms. The van der Waals surface area contributed by atoms with E-state index in [0.717, 1.165) is 5.56 Å². The number of aliphatic hydroxyl groups is 1. The van der Waals surface area contributed by atoms with Crippen molar-refractivity contribution in [3.05, 3.63) is 29.8 Å². The van der Waals surface area contributed by atoms with Crippen LogP contribution < -0.4 is 4.74 Å². The summed E-state index contributed by atoms with van der Waals surface area (Å²) in [6.45, 7) is 6.92. The molecule has 1 aromatic carbocycles. The number of hydrogen-bond donors (Lipinski definition) is 1. The molecule has 1 N–H and O–H groups in total. The number of carbonyl (C=O) groups is 1. The van der Waals surface area contributed by atoms with Crippen LogP contribution in [-0.2, 0) is 19.6 Å². The first-order chi connectivity index (χ1) is 15.7. The van der Waals surface area contributed by atoms with E-state index in [0.29, 0.717) is 32.6 Å². The molecule has 2 aliphatic rings. The van der Waals surface area contributed by atoms with Gasteiger partial charge in [-0.15, -0.1) is 0 Å². The summed E-state index contributed by atoms with van der Waals surface area (Å²) in [6, 6.07) is 4.43. The highest BCUT2D eigenvalue weighted by molar-refractivity contribution is 7.89. The molecule has 1 aromatic rings. The highest BCUT2D eigenvalue weighted by Crippen LogP contribution is 2.34. The molecule has 9 heteroatoms. The number of fused-ring (bicyclic) bond motifs is 1. The largest absolute Gasteiger partial charge is 0.487 e. The van der Waals surface area contributed by atoms with Crippen LogP contribution in [0.2, 0.25) is 0 Å². The van der Waals surface area contributed by atoms with Gasteiger partial charge in [-0.05, 0) is 44.4 Å². The second-order valence-electron chi connectivity index (χ2n) is 9.05. The van der Waals surface area contributed by atoms with Gasteiger partial charge in [-0.25, -0.2) is 8.42 Å². The first kappa shape index (κ1) is 25.7. The Hall–Kier alpha value is -1.94. The van der Waals surface area contributed by atoms with E-state index in [-0.39, 0.29) is 41.5 Å². The second kappa shape index (κ2) is 11.0. The van der Waals surface area contributed by atoms with Crippen molar-refractivity contribution in [3.63, 3.8) is 0 Å². The van der Waals surface area contributed by atoms with Crippen molar-refractivity contribution < 1.29 is 27.8 Å². The third-order valence-corrected chi connectivity index (χ3v) is 8.47. The molecule has 8 nitrogen and oxygen atoms in total. The van der Waals surface area contributed by atoms with E-state index in [1.807, 2.05) is 26.0 Å². The summed E-state index contributed by atoms with van der Waals surface area (Å²) in [5.41, 5.74) is 0.826. The predicted molar refractivity (Wildman–Crippen MR) is 126 cm³/mol.